The summed E-state index contributed by atoms with van der Waals surface area (Å²) in [6.45, 7) is 0. The lowest BCUT2D eigenvalue weighted by Crippen LogP contribution is -2.42. The first-order valence-electron chi connectivity index (χ1n) is 9.16. The highest BCUT2D eigenvalue weighted by Gasteiger charge is 2.23. The zero-order valence-corrected chi connectivity index (χ0v) is 15.7. The molecule has 0 spiro atoms. The third-order valence-corrected chi connectivity index (χ3v) is 4.70. The first kappa shape index (κ1) is 20.0. The van der Waals surface area contributed by atoms with Crippen molar-refractivity contribution in [3.63, 3.8) is 0 Å². The van der Waals surface area contributed by atoms with Crippen molar-refractivity contribution in [1.29, 1.82) is 0 Å². The molecule has 28 heavy (non-hydrogen) atoms. The van der Waals surface area contributed by atoms with Crippen LogP contribution in [0.3, 0.4) is 0 Å². The number of aromatic nitrogens is 3. The van der Waals surface area contributed by atoms with Crippen LogP contribution in [0, 0.1) is 0 Å². The van der Waals surface area contributed by atoms with Crippen molar-refractivity contribution in [3.8, 4) is 11.6 Å². The number of hydrogen-bond donors (Lipinski definition) is 4. The van der Waals surface area contributed by atoms with Crippen molar-refractivity contribution in [2.45, 2.75) is 44.4 Å². The number of nitrogens with zero attached hydrogens (tertiary/aromatic N) is 3. The van der Waals surface area contributed by atoms with E-state index in [0.717, 1.165) is 18.4 Å². The van der Waals surface area contributed by atoms with Gasteiger partial charge in [0, 0.05) is 24.6 Å². The Hall–Kier alpha value is -2.75. The number of aromatic hydroxyl groups is 1. The standard InChI is InChI=1S/C19H25N5O4/c1-28-19(27)14-4-2-3-5-16(14)23-18(26)15(20)8-12-9-22-24(11-12)17-7-6-13(25)10-21-17/h6-7,9-11,15,19,25,27H,2-5,8,20H2,1H3,(H,23,26). The van der Waals surface area contributed by atoms with Crippen LogP contribution in [0.4, 0.5) is 0 Å². The molecule has 1 aliphatic rings. The van der Waals surface area contributed by atoms with Crippen LogP contribution in [0.1, 0.15) is 31.2 Å². The van der Waals surface area contributed by atoms with Gasteiger partial charge < -0.3 is 26.0 Å². The molecule has 1 amide bonds. The number of nitrogens with two attached hydrogens (primary N) is 1. The van der Waals surface area contributed by atoms with Gasteiger partial charge in [0.15, 0.2) is 12.1 Å². The molecule has 150 valence electrons. The van der Waals surface area contributed by atoms with Gasteiger partial charge in [-0.1, -0.05) is 0 Å². The van der Waals surface area contributed by atoms with Crippen LogP contribution < -0.4 is 11.1 Å². The van der Waals surface area contributed by atoms with Gasteiger partial charge in [-0.05, 0) is 49.8 Å². The lowest BCUT2D eigenvalue weighted by molar-refractivity contribution is -0.121. The molecule has 0 fully saturated rings. The average Bonchev–Trinajstić information content (AvgIpc) is 3.16. The normalized spacial score (nSPS) is 16.7. The van der Waals surface area contributed by atoms with E-state index in [0.29, 0.717) is 36.4 Å². The van der Waals surface area contributed by atoms with Crippen LogP contribution in [0.5, 0.6) is 5.75 Å². The Bertz CT molecular complexity index is 846. The maximum Gasteiger partial charge on any atom is 0.241 e. The summed E-state index contributed by atoms with van der Waals surface area (Å²) in [4.78, 5) is 16.6. The first-order chi connectivity index (χ1) is 13.5. The van der Waals surface area contributed by atoms with Crippen molar-refractivity contribution in [2.24, 2.45) is 5.73 Å². The van der Waals surface area contributed by atoms with E-state index in [1.807, 2.05) is 0 Å². The van der Waals surface area contributed by atoms with Gasteiger partial charge in [0.2, 0.25) is 5.91 Å². The number of amides is 1. The molecule has 2 aromatic rings. The monoisotopic (exact) mass is 387 g/mol. The molecule has 9 heteroatoms. The zero-order chi connectivity index (χ0) is 20.1. The number of hydrogen-bond acceptors (Lipinski definition) is 7. The summed E-state index contributed by atoms with van der Waals surface area (Å²) >= 11 is 0. The number of carbonyl (C=O) groups excluding carboxylic acids is 1. The molecule has 2 atom stereocenters. The Balaban J connectivity index is 1.64. The van der Waals surface area contributed by atoms with E-state index in [4.69, 9.17) is 10.5 Å². The number of aliphatic hydroxyl groups excluding tert-OH is 1. The SMILES string of the molecule is COC(O)C1=C(NC(=O)C(N)Cc2cnn(-c3ccc(O)cn3)c2)CCCC1. The second kappa shape index (κ2) is 8.96. The number of pyridine rings is 1. The van der Waals surface area contributed by atoms with E-state index >= 15 is 0 Å². The van der Waals surface area contributed by atoms with Crippen LogP contribution in [0.25, 0.3) is 5.82 Å². The van der Waals surface area contributed by atoms with Crippen LogP contribution in [0.15, 0.2) is 42.0 Å². The Morgan fingerprint density at radius 3 is 2.86 bits per heavy atom. The van der Waals surface area contributed by atoms with Gasteiger partial charge in [-0.25, -0.2) is 9.67 Å². The van der Waals surface area contributed by atoms with Crippen LogP contribution in [-0.2, 0) is 16.0 Å². The van der Waals surface area contributed by atoms with Gasteiger partial charge in [-0.3, -0.25) is 4.79 Å². The number of ether oxygens (including phenoxy) is 1. The van der Waals surface area contributed by atoms with Gasteiger partial charge in [0.05, 0.1) is 18.4 Å². The summed E-state index contributed by atoms with van der Waals surface area (Å²) in [6, 6.07) is 2.39. The van der Waals surface area contributed by atoms with Crippen molar-refractivity contribution >= 4 is 5.91 Å². The summed E-state index contributed by atoms with van der Waals surface area (Å²) in [6.07, 6.45) is 7.25. The quantitative estimate of drug-likeness (QED) is 0.515. The number of nitrogens with one attached hydrogen (secondary N) is 1. The molecule has 0 aromatic carbocycles. The van der Waals surface area contributed by atoms with E-state index in [2.05, 4.69) is 15.4 Å². The van der Waals surface area contributed by atoms with Gasteiger partial charge >= 0.3 is 0 Å². The average molecular weight is 387 g/mol. The van der Waals surface area contributed by atoms with Crippen molar-refractivity contribution in [3.05, 3.63) is 47.6 Å². The van der Waals surface area contributed by atoms with Crippen LogP contribution in [0.2, 0.25) is 0 Å². The van der Waals surface area contributed by atoms with Crippen molar-refractivity contribution < 1.29 is 19.7 Å². The fourth-order valence-electron chi connectivity index (χ4n) is 3.18. The van der Waals surface area contributed by atoms with E-state index in [1.54, 1.807) is 23.1 Å². The Labute approximate surface area is 162 Å². The third kappa shape index (κ3) is 4.75. The van der Waals surface area contributed by atoms with Crippen molar-refractivity contribution in [2.75, 3.05) is 7.11 Å². The van der Waals surface area contributed by atoms with Crippen LogP contribution >= 0.6 is 0 Å². The molecule has 0 saturated heterocycles. The second-order valence-electron chi connectivity index (χ2n) is 6.77. The highest BCUT2D eigenvalue weighted by Crippen LogP contribution is 2.26. The Morgan fingerprint density at radius 1 is 1.36 bits per heavy atom. The molecule has 2 aromatic heterocycles. The Kier molecular flexibility index (Phi) is 6.40. The summed E-state index contributed by atoms with van der Waals surface area (Å²) in [5, 5.41) is 26.4. The summed E-state index contributed by atoms with van der Waals surface area (Å²) < 4.78 is 6.54. The highest BCUT2D eigenvalue weighted by atomic mass is 16.6. The molecule has 3 rings (SSSR count). The predicted octanol–water partition coefficient (Wildman–Crippen LogP) is 0.752. The predicted molar refractivity (Wildman–Crippen MR) is 101 cm³/mol. The minimum Gasteiger partial charge on any atom is -0.506 e. The zero-order valence-electron chi connectivity index (χ0n) is 15.7. The second-order valence-corrected chi connectivity index (χ2v) is 6.77. The number of methoxy groups -OCH3 is 1. The van der Waals surface area contributed by atoms with Gasteiger partial charge in [-0.2, -0.15) is 5.10 Å². The van der Waals surface area contributed by atoms with E-state index in [1.165, 1.54) is 19.4 Å². The molecule has 0 saturated carbocycles. The topological polar surface area (TPSA) is 136 Å². The Morgan fingerprint density at radius 2 is 2.14 bits per heavy atom. The molecular weight excluding hydrogens is 362 g/mol. The minimum atomic E-state index is -1.01. The summed E-state index contributed by atoms with van der Waals surface area (Å²) in [7, 11) is 1.43. The fraction of sp³-hybridized carbons (Fsp3) is 0.421. The highest BCUT2D eigenvalue weighted by molar-refractivity contribution is 5.83. The molecule has 9 nitrogen and oxygen atoms in total. The number of allylic oxidation sites excluding steroid dienone is 1. The molecule has 5 N–H and O–H groups in total. The molecule has 0 aliphatic heterocycles. The van der Waals surface area contributed by atoms with E-state index < -0.39 is 12.3 Å². The van der Waals surface area contributed by atoms with Crippen LogP contribution in [-0.4, -0.2) is 50.3 Å². The lowest BCUT2D eigenvalue weighted by Gasteiger charge is -2.24. The number of rotatable bonds is 7. The molecule has 0 bridgehead atoms. The maximum absolute atomic E-state index is 12.5. The maximum atomic E-state index is 12.5. The molecular formula is C19H25N5O4. The summed E-state index contributed by atoms with van der Waals surface area (Å²) in [5.41, 5.74) is 8.27. The van der Waals surface area contributed by atoms with Gasteiger partial charge in [-0.15, -0.1) is 0 Å². The van der Waals surface area contributed by atoms with E-state index in [9.17, 15) is 15.0 Å². The third-order valence-electron chi connectivity index (χ3n) is 4.70. The molecule has 2 unspecified atom stereocenters. The van der Waals surface area contributed by atoms with Gasteiger partial charge in [0.1, 0.15) is 5.75 Å². The van der Waals surface area contributed by atoms with Crippen molar-refractivity contribution in [1.82, 2.24) is 20.1 Å². The molecule has 1 aliphatic carbocycles. The largest absolute Gasteiger partial charge is 0.506 e. The summed E-state index contributed by atoms with van der Waals surface area (Å²) in [5.74, 6) is 0.311. The molecule has 0 radical (unpaired) electrons. The first-order valence-corrected chi connectivity index (χ1v) is 9.16. The molecule has 2 heterocycles. The minimum absolute atomic E-state index is 0.0739. The smallest absolute Gasteiger partial charge is 0.241 e. The van der Waals surface area contributed by atoms with E-state index in [-0.39, 0.29) is 11.7 Å². The lowest BCUT2D eigenvalue weighted by atomic mass is 9.95. The number of carbonyl (C=O) groups is 1. The van der Waals surface area contributed by atoms with Gasteiger partial charge in [0.25, 0.3) is 0 Å². The number of aliphatic hydroxyl groups is 1. The fourth-order valence-corrected chi connectivity index (χ4v) is 3.18.